The number of morpholine rings is 1. The van der Waals surface area contributed by atoms with E-state index in [0.717, 1.165) is 0 Å². The van der Waals surface area contributed by atoms with Crippen molar-refractivity contribution in [2.75, 3.05) is 32.9 Å². The molecule has 1 heterocycles. The van der Waals surface area contributed by atoms with Gasteiger partial charge in [0.05, 0.1) is 24.8 Å². The Labute approximate surface area is 146 Å². The Bertz CT molecular complexity index is 482. The number of carbonyl (C=O) groups is 1. The van der Waals surface area contributed by atoms with Crippen LogP contribution in [0.4, 0.5) is 0 Å². The van der Waals surface area contributed by atoms with Gasteiger partial charge in [-0.1, -0.05) is 23.2 Å². The maximum absolute atomic E-state index is 11.8. The van der Waals surface area contributed by atoms with E-state index in [9.17, 15) is 4.79 Å². The molecule has 1 aliphatic rings. The SMILES string of the molecule is Cl.O=C(NCCCOc1ccc(Cl)cc1Cl)C1COCCN1. The van der Waals surface area contributed by atoms with Gasteiger partial charge in [0, 0.05) is 18.1 Å². The smallest absolute Gasteiger partial charge is 0.239 e. The number of nitrogens with one attached hydrogen (secondary N) is 2. The lowest BCUT2D eigenvalue weighted by molar-refractivity contribution is -0.125. The summed E-state index contributed by atoms with van der Waals surface area (Å²) in [5, 5.41) is 7.00. The minimum Gasteiger partial charge on any atom is -0.492 e. The van der Waals surface area contributed by atoms with Crippen LogP contribution in [0.5, 0.6) is 5.75 Å². The number of halogens is 3. The maximum Gasteiger partial charge on any atom is 0.239 e. The standard InChI is InChI=1S/C14H18Cl2N2O3.ClH/c15-10-2-3-13(11(16)8-10)21-6-1-4-18-14(19)12-9-20-7-5-17-12;/h2-3,8,12,17H,1,4-7,9H2,(H,18,19);1H. The van der Waals surface area contributed by atoms with Gasteiger partial charge < -0.3 is 20.1 Å². The molecule has 0 aliphatic carbocycles. The Morgan fingerprint density at radius 3 is 2.95 bits per heavy atom. The zero-order valence-electron chi connectivity index (χ0n) is 11.9. The van der Waals surface area contributed by atoms with Crippen molar-refractivity contribution in [1.82, 2.24) is 10.6 Å². The van der Waals surface area contributed by atoms with Crippen LogP contribution in [-0.4, -0.2) is 44.9 Å². The highest BCUT2D eigenvalue weighted by molar-refractivity contribution is 6.35. The van der Waals surface area contributed by atoms with E-state index in [1.165, 1.54) is 0 Å². The van der Waals surface area contributed by atoms with Gasteiger partial charge in [0.1, 0.15) is 11.8 Å². The molecule has 1 aromatic rings. The van der Waals surface area contributed by atoms with Gasteiger partial charge in [-0.3, -0.25) is 4.79 Å². The fraction of sp³-hybridized carbons (Fsp3) is 0.500. The van der Waals surface area contributed by atoms with Gasteiger partial charge in [-0.15, -0.1) is 12.4 Å². The first kappa shape index (κ1) is 19.3. The fourth-order valence-electron chi connectivity index (χ4n) is 1.92. The number of hydrogen-bond donors (Lipinski definition) is 2. The number of rotatable bonds is 6. The summed E-state index contributed by atoms with van der Waals surface area (Å²) in [6.45, 7) is 2.79. The van der Waals surface area contributed by atoms with E-state index in [-0.39, 0.29) is 24.4 Å². The van der Waals surface area contributed by atoms with E-state index in [1.54, 1.807) is 18.2 Å². The van der Waals surface area contributed by atoms with Gasteiger partial charge >= 0.3 is 0 Å². The lowest BCUT2D eigenvalue weighted by Crippen LogP contribution is -2.51. The fourth-order valence-corrected chi connectivity index (χ4v) is 2.38. The quantitative estimate of drug-likeness (QED) is 0.755. The van der Waals surface area contributed by atoms with Crippen molar-refractivity contribution in [2.45, 2.75) is 12.5 Å². The van der Waals surface area contributed by atoms with Crippen molar-refractivity contribution in [3.63, 3.8) is 0 Å². The lowest BCUT2D eigenvalue weighted by atomic mass is 10.2. The molecule has 1 aromatic carbocycles. The van der Waals surface area contributed by atoms with Gasteiger partial charge in [-0.2, -0.15) is 0 Å². The second kappa shape index (κ2) is 10.1. The molecular weight excluding hydrogens is 351 g/mol. The molecule has 1 fully saturated rings. The van der Waals surface area contributed by atoms with Crippen LogP contribution in [-0.2, 0) is 9.53 Å². The van der Waals surface area contributed by atoms with Crippen molar-refractivity contribution in [2.24, 2.45) is 0 Å². The average Bonchev–Trinajstić information content (AvgIpc) is 2.49. The zero-order chi connectivity index (χ0) is 15.1. The van der Waals surface area contributed by atoms with Crippen LogP contribution in [0.25, 0.3) is 0 Å². The van der Waals surface area contributed by atoms with Crippen molar-refractivity contribution in [3.8, 4) is 5.75 Å². The number of hydrogen-bond acceptors (Lipinski definition) is 4. The molecule has 8 heteroatoms. The average molecular weight is 370 g/mol. The first-order valence-corrected chi connectivity index (χ1v) is 7.59. The Hall–Kier alpha value is -0.720. The molecule has 0 aromatic heterocycles. The minimum absolute atomic E-state index is 0. The van der Waals surface area contributed by atoms with Crippen molar-refractivity contribution < 1.29 is 14.3 Å². The molecule has 1 amide bonds. The molecule has 1 atom stereocenters. The van der Waals surface area contributed by atoms with E-state index < -0.39 is 0 Å². The van der Waals surface area contributed by atoms with Crippen molar-refractivity contribution >= 4 is 41.5 Å². The zero-order valence-corrected chi connectivity index (χ0v) is 14.3. The second-order valence-corrected chi connectivity index (χ2v) is 5.49. The summed E-state index contributed by atoms with van der Waals surface area (Å²) in [7, 11) is 0. The predicted octanol–water partition coefficient (Wildman–Crippen LogP) is 2.29. The molecular formula is C14H19Cl3N2O3. The Kier molecular flexibility index (Phi) is 8.90. The number of benzene rings is 1. The topological polar surface area (TPSA) is 59.6 Å². The molecule has 0 radical (unpaired) electrons. The van der Waals surface area contributed by atoms with E-state index in [0.29, 0.717) is 55.1 Å². The maximum atomic E-state index is 11.8. The van der Waals surface area contributed by atoms with Crippen LogP contribution in [0.1, 0.15) is 6.42 Å². The monoisotopic (exact) mass is 368 g/mol. The highest BCUT2D eigenvalue weighted by atomic mass is 35.5. The van der Waals surface area contributed by atoms with Gasteiger partial charge in [0.2, 0.25) is 5.91 Å². The highest BCUT2D eigenvalue weighted by Gasteiger charge is 2.20. The van der Waals surface area contributed by atoms with Crippen LogP contribution in [0.15, 0.2) is 18.2 Å². The molecule has 5 nitrogen and oxygen atoms in total. The van der Waals surface area contributed by atoms with Gasteiger partial charge in [-0.25, -0.2) is 0 Å². The van der Waals surface area contributed by atoms with Crippen LogP contribution in [0.3, 0.4) is 0 Å². The van der Waals surface area contributed by atoms with E-state index in [2.05, 4.69) is 10.6 Å². The molecule has 1 unspecified atom stereocenters. The second-order valence-electron chi connectivity index (χ2n) is 4.65. The van der Waals surface area contributed by atoms with E-state index >= 15 is 0 Å². The summed E-state index contributed by atoms with van der Waals surface area (Å²) in [4.78, 5) is 11.8. The van der Waals surface area contributed by atoms with E-state index in [1.807, 2.05) is 0 Å². The van der Waals surface area contributed by atoms with Gasteiger partial charge in [0.15, 0.2) is 0 Å². The van der Waals surface area contributed by atoms with Gasteiger partial charge in [0.25, 0.3) is 0 Å². The Morgan fingerprint density at radius 2 is 2.27 bits per heavy atom. The highest BCUT2D eigenvalue weighted by Crippen LogP contribution is 2.27. The number of amides is 1. The molecule has 0 saturated carbocycles. The minimum atomic E-state index is -0.259. The predicted molar refractivity (Wildman–Crippen MR) is 89.4 cm³/mol. The van der Waals surface area contributed by atoms with Crippen molar-refractivity contribution in [3.05, 3.63) is 28.2 Å². The third-order valence-corrected chi connectivity index (χ3v) is 3.54. The normalized spacial score (nSPS) is 17.5. The molecule has 0 spiro atoms. The first-order valence-electron chi connectivity index (χ1n) is 6.83. The van der Waals surface area contributed by atoms with E-state index in [4.69, 9.17) is 32.7 Å². The third kappa shape index (κ3) is 6.18. The Morgan fingerprint density at radius 1 is 1.45 bits per heavy atom. The molecule has 0 bridgehead atoms. The molecule has 1 saturated heterocycles. The van der Waals surface area contributed by atoms with Crippen LogP contribution < -0.4 is 15.4 Å². The summed E-state index contributed by atoms with van der Waals surface area (Å²) < 4.78 is 10.8. The van der Waals surface area contributed by atoms with Crippen LogP contribution in [0, 0.1) is 0 Å². The molecule has 1 aliphatic heterocycles. The summed E-state index contributed by atoms with van der Waals surface area (Å²) in [5.74, 6) is 0.550. The van der Waals surface area contributed by atoms with Crippen LogP contribution in [0.2, 0.25) is 10.0 Å². The third-order valence-electron chi connectivity index (χ3n) is 3.01. The first-order chi connectivity index (χ1) is 10.2. The van der Waals surface area contributed by atoms with Crippen LogP contribution >= 0.6 is 35.6 Å². The Balaban J connectivity index is 0.00000242. The largest absolute Gasteiger partial charge is 0.492 e. The number of ether oxygens (including phenoxy) is 2. The summed E-state index contributed by atoms with van der Waals surface area (Å²) >= 11 is 11.8. The molecule has 2 N–H and O–H groups in total. The van der Waals surface area contributed by atoms with Gasteiger partial charge in [-0.05, 0) is 24.6 Å². The number of carbonyl (C=O) groups excluding carboxylic acids is 1. The molecule has 124 valence electrons. The molecule has 2 rings (SSSR count). The summed E-state index contributed by atoms with van der Waals surface area (Å²) in [6, 6.07) is 4.83. The summed E-state index contributed by atoms with van der Waals surface area (Å²) in [6.07, 6.45) is 0.693. The summed E-state index contributed by atoms with van der Waals surface area (Å²) in [5.41, 5.74) is 0. The lowest BCUT2D eigenvalue weighted by Gasteiger charge is -2.22. The van der Waals surface area contributed by atoms with Crippen molar-refractivity contribution in [1.29, 1.82) is 0 Å². The molecule has 22 heavy (non-hydrogen) atoms.